The van der Waals surface area contributed by atoms with Crippen LogP contribution in [-0.4, -0.2) is 41.6 Å². The summed E-state index contributed by atoms with van der Waals surface area (Å²) in [4.78, 5) is 26.3. The zero-order valence-electron chi connectivity index (χ0n) is 12.8. The molecule has 1 saturated heterocycles. The third-order valence-corrected chi connectivity index (χ3v) is 5.25. The van der Waals surface area contributed by atoms with E-state index in [1.165, 1.54) is 31.0 Å². The van der Waals surface area contributed by atoms with Gasteiger partial charge in [0.1, 0.15) is 11.8 Å². The number of methoxy groups -OCH3 is 1. The van der Waals surface area contributed by atoms with E-state index in [4.69, 9.17) is 9.47 Å². The maximum atomic E-state index is 13.7. The van der Waals surface area contributed by atoms with Crippen molar-refractivity contribution in [2.45, 2.75) is 25.3 Å². The number of halogens is 1. The number of carbonyl (C=O) groups excluding carboxylic acids is 2. The van der Waals surface area contributed by atoms with Crippen LogP contribution < -0.4 is 9.47 Å². The number of hydrogen-bond acceptors (Lipinski definition) is 5. The Balaban J connectivity index is 1.67. The number of amides is 1. The van der Waals surface area contributed by atoms with E-state index in [2.05, 4.69) is 0 Å². The molecule has 2 aliphatic rings. The minimum atomic E-state index is -0.599. The first kappa shape index (κ1) is 16.1. The molecule has 7 heteroatoms. The number of hydrogen-bond donors (Lipinski definition) is 0. The van der Waals surface area contributed by atoms with Gasteiger partial charge in [-0.15, -0.1) is 11.8 Å². The molecule has 1 amide bonds. The first-order chi connectivity index (χ1) is 11.1. The fourth-order valence-corrected chi connectivity index (χ4v) is 3.79. The number of nitrogens with zero attached hydrogens (tertiary/aromatic N) is 1. The highest BCUT2D eigenvalue weighted by molar-refractivity contribution is 7.99. The second-order valence-electron chi connectivity index (χ2n) is 5.67. The molecule has 1 aromatic rings. The lowest BCUT2D eigenvalue weighted by molar-refractivity contribution is -0.149. The van der Waals surface area contributed by atoms with Crippen LogP contribution in [0.4, 0.5) is 4.39 Å². The highest BCUT2D eigenvalue weighted by Gasteiger charge is 2.40. The van der Waals surface area contributed by atoms with E-state index in [1.807, 2.05) is 0 Å². The maximum Gasteiger partial charge on any atom is 0.335 e. The van der Waals surface area contributed by atoms with Crippen LogP contribution in [0.2, 0.25) is 0 Å². The van der Waals surface area contributed by atoms with Crippen LogP contribution in [0.3, 0.4) is 0 Å². The Morgan fingerprint density at radius 1 is 1.35 bits per heavy atom. The summed E-state index contributed by atoms with van der Waals surface area (Å²) in [7, 11) is 1.36. The lowest BCUT2D eigenvalue weighted by Gasteiger charge is -2.31. The van der Waals surface area contributed by atoms with E-state index in [-0.39, 0.29) is 23.3 Å². The summed E-state index contributed by atoms with van der Waals surface area (Å²) in [6.45, 7) is 0. The van der Waals surface area contributed by atoms with Crippen LogP contribution in [0.5, 0.6) is 11.5 Å². The van der Waals surface area contributed by atoms with Gasteiger partial charge in [-0.3, -0.25) is 4.79 Å². The predicted molar refractivity (Wildman–Crippen MR) is 83.9 cm³/mol. The van der Waals surface area contributed by atoms with E-state index in [1.54, 1.807) is 4.90 Å². The molecule has 5 nitrogen and oxygen atoms in total. The zero-order valence-corrected chi connectivity index (χ0v) is 13.6. The monoisotopic (exact) mass is 339 g/mol. The van der Waals surface area contributed by atoms with Gasteiger partial charge in [0, 0.05) is 17.7 Å². The molecule has 1 saturated carbocycles. The lowest BCUT2D eigenvalue weighted by atomic mass is 9.84. The van der Waals surface area contributed by atoms with Gasteiger partial charge in [0.2, 0.25) is 5.91 Å². The minimum Gasteiger partial charge on any atom is -0.494 e. The molecule has 23 heavy (non-hydrogen) atoms. The lowest BCUT2D eigenvalue weighted by Crippen LogP contribution is -2.47. The molecule has 124 valence electrons. The van der Waals surface area contributed by atoms with Crippen molar-refractivity contribution in [2.24, 2.45) is 5.92 Å². The summed E-state index contributed by atoms with van der Waals surface area (Å²) in [5, 5.41) is 0. The van der Waals surface area contributed by atoms with Crippen LogP contribution >= 0.6 is 11.8 Å². The van der Waals surface area contributed by atoms with Crippen LogP contribution in [0.1, 0.15) is 19.3 Å². The molecule has 1 heterocycles. The largest absolute Gasteiger partial charge is 0.494 e. The van der Waals surface area contributed by atoms with E-state index in [0.717, 1.165) is 25.3 Å². The number of esters is 1. The Kier molecular flexibility index (Phi) is 4.75. The van der Waals surface area contributed by atoms with Gasteiger partial charge in [-0.2, -0.15) is 0 Å². The van der Waals surface area contributed by atoms with Crippen molar-refractivity contribution < 1.29 is 23.5 Å². The van der Waals surface area contributed by atoms with E-state index < -0.39 is 17.8 Å². The minimum absolute atomic E-state index is 0.0316. The third-order valence-electron chi connectivity index (χ3n) is 4.23. The van der Waals surface area contributed by atoms with Crippen molar-refractivity contribution in [3.63, 3.8) is 0 Å². The smallest absolute Gasteiger partial charge is 0.335 e. The highest BCUT2D eigenvalue weighted by atomic mass is 32.2. The van der Waals surface area contributed by atoms with Gasteiger partial charge in [-0.05, 0) is 25.0 Å². The summed E-state index contributed by atoms with van der Waals surface area (Å²) in [5.74, 6) is 0.172. The molecule has 1 aromatic carbocycles. The number of carbonyl (C=O) groups is 2. The molecule has 0 radical (unpaired) electrons. The van der Waals surface area contributed by atoms with Gasteiger partial charge in [0.25, 0.3) is 0 Å². The fourth-order valence-electron chi connectivity index (χ4n) is 2.64. The van der Waals surface area contributed by atoms with Gasteiger partial charge < -0.3 is 14.4 Å². The topological polar surface area (TPSA) is 55.8 Å². The molecule has 1 aliphatic carbocycles. The third kappa shape index (κ3) is 3.29. The molecule has 1 atom stereocenters. The molecule has 0 spiro atoms. The van der Waals surface area contributed by atoms with Crippen LogP contribution in [0.15, 0.2) is 18.2 Å². The fraction of sp³-hybridized carbons (Fsp3) is 0.500. The number of thioether (sulfide) groups is 1. The quantitative estimate of drug-likeness (QED) is 0.623. The predicted octanol–water partition coefficient (Wildman–Crippen LogP) is 2.44. The van der Waals surface area contributed by atoms with Crippen molar-refractivity contribution in [1.29, 1.82) is 0 Å². The highest BCUT2D eigenvalue weighted by Crippen LogP contribution is 2.32. The van der Waals surface area contributed by atoms with E-state index in [9.17, 15) is 14.0 Å². The zero-order chi connectivity index (χ0) is 16.4. The van der Waals surface area contributed by atoms with Crippen LogP contribution in [0.25, 0.3) is 0 Å². The Hall–Kier alpha value is -1.76. The van der Waals surface area contributed by atoms with E-state index in [0.29, 0.717) is 11.6 Å². The Morgan fingerprint density at radius 3 is 2.74 bits per heavy atom. The van der Waals surface area contributed by atoms with Gasteiger partial charge in [0.05, 0.1) is 13.0 Å². The average molecular weight is 339 g/mol. The van der Waals surface area contributed by atoms with Gasteiger partial charge in [-0.25, -0.2) is 9.18 Å². The number of ether oxygens (including phenoxy) is 2. The second kappa shape index (κ2) is 6.78. The first-order valence-electron chi connectivity index (χ1n) is 7.53. The van der Waals surface area contributed by atoms with Gasteiger partial charge >= 0.3 is 5.97 Å². The summed E-state index contributed by atoms with van der Waals surface area (Å²) in [6.07, 6.45) is 2.86. The molecule has 0 bridgehead atoms. The van der Waals surface area contributed by atoms with E-state index >= 15 is 0 Å². The number of benzene rings is 1. The summed E-state index contributed by atoms with van der Waals surface area (Å²) in [6, 6.07) is 3.38. The molecule has 2 fully saturated rings. The normalized spacial score (nSPS) is 21.0. The molecule has 3 rings (SSSR count). The van der Waals surface area contributed by atoms with Crippen molar-refractivity contribution >= 4 is 23.6 Å². The summed E-state index contributed by atoms with van der Waals surface area (Å²) >= 11 is 1.53. The molecular weight excluding hydrogens is 321 g/mol. The van der Waals surface area contributed by atoms with Crippen molar-refractivity contribution in [2.75, 3.05) is 18.7 Å². The van der Waals surface area contributed by atoms with Gasteiger partial charge in [0.15, 0.2) is 11.6 Å². The van der Waals surface area contributed by atoms with Crippen molar-refractivity contribution in [3.05, 3.63) is 24.0 Å². The molecule has 0 aromatic heterocycles. The Morgan fingerprint density at radius 2 is 2.13 bits per heavy atom. The molecule has 1 unspecified atom stereocenters. The molecule has 0 N–H and O–H groups in total. The second-order valence-corrected chi connectivity index (χ2v) is 6.67. The SMILES string of the molecule is COc1ccc(OC(=O)C2CSCN2C(=O)C2CCC2)cc1F. The summed E-state index contributed by atoms with van der Waals surface area (Å²) < 4.78 is 23.7. The van der Waals surface area contributed by atoms with Gasteiger partial charge in [-0.1, -0.05) is 6.42 Å². The Labute approximate surface area is 138 Å². The van der Waals surface area contributed by atoms with Crippen molar-refractivity contribution in [3.8, 4) is 11.5 Å². The molecular formula is C16H18FNO4S. The van der Waals surface area contributed by atoms with Crippen molar-refractivity contribution in [1.82, 2.24) is 4.90 Å². The maximum absolute atomic E-state index is 13.7. The standard InChI is InChI=1S/C16H18FNO4S/c1-21-14-6-5-11(7-12(14)17)22-16(20)13-8-23-9-18(13)15(19)10-3-2-4-10/h5-7,10,13H,2-4,8-9H2,1H3. The molecule has 1 aliphatic heterocycles. The average Bonchev–Trinajstić information content (AvgIpc) is 2.95. The first-order valence-corrected chi connectivity index (χ1v) is 8.69. The Bertz CT molecular complexity index is 620. The van der Waals surface area contributed by atoms with Crippen LogP contribution in [-0.2, 0) is 9.59 Å². The van der Waals surface area contributed by atoms with Crippen LogP contribution in [0, 0.1) is 11.7 Å². The number of rotatable bonds is 4. The summed E-state index contributed by atoms with van der Waals surface area (Å²) in [5.41, 5.74) is 0.